The quantitative estimate of drug-likeness (QED) is 0.470. The first kappa shape index (κ1) is 24.3. The van der Waals surface area contributed by atoms with Crippen molar-refractivity contribution in [3.05, 3.63) is 53.3 Å². The standard InChI is InChI=1S/C29H34N4O3/c1-29(2,3)36-28(34)33-12-4-5-26(33)25-15-20(6-7-23(25)19-9-13-35-14-10-19)22-16-24-21(8-11-30)17-31-27(24)32-18-22/h6-7,15-19,26H,4-5,8-10,12-14H2,1-3H3,(H,31,32)/t26-/m0/s1. The molecule has 7 nitrogen and oxygen atoms in total. The van der Waals surface area contributed by atoms with Crippen LogP contribution >= 0.6 is 0 Å². The zero-order chi connectivity index (χ0) is 25.3. The molecule has 2 aliphatic heterocycles. The maximum absolute atomic E-state index is 13.1. The first-order valence-corrected chi connectivity index (χ1v) is 12.9. The molecule has 2 saturated heterocycles. The van der Waals surface area contributed by atoms with Crippen LogP contribution in [0, 0.1) is 11.3 Å². The summed E-state index contributed by atoms with van der Waals surface area (Å²) in [6, 6.07) is 11.0. The second-order valence-electron chi connectivity index (χ2n) is 10.8. The van der Waals surface area contributed by atoms with E-state index in [0.717, 1.165) is 66.6 Å². The van der Waals surface area contributed by atoms with E-state index >= 15 is 0 Å². The van der Waals surface area contributed by atoms with Crippen LogP contribution in [0.2, 0.25) is 0 Å². The van der Waals surface area contributed by atoms with Crippen molar-refractivity contribution in [3.8, 4) is 17.2 Å². The van der Waals surface area contributed by atoms with Gasteiger partial charge in [0.2, 0.25) is 0 Å². The Morgan fingerprint density at radius 2 is 2.00 bits per heavy atom. The molecule has 3 aromatic rings. The van der Waals surface area contributed by atoms with E-state index in [4.69, 9.17) is 9.47 Å². The summed E-state index contributed by atoms with van der Waals surface area (Å²) >= 11 is 0. The third kappa shape index (κ3) is 4.96. The minimum atomic E-state index is -0.533. The average molecular weight is 487 g/mol. The van der Waals surface area contributed by atoms with Crippen LogP contribution in [0.15, 0.2) is 36.7 Å². The molecule has 5 rings (SSSR count). The number of carbonyl (C=O) groups excluding carboxylic acids is 1. The number of aromatic amines is 1. The average Bonchev–Trinajstić information content (AvgIpc) is 3.51. The lowest BCUT2D eigenvalue weighted by Crippen LogP contribution is -2.36. The molecular weight excluding hydrogens is 452 g/mol. The van der Waals surface area contributed by atoms with Gasteiger partial charge >= 0.3 is 6.09 Å². The summed E-state index contributed by atoms with van der Waals surface area (Å²) in [7, 11) is 0. The lowest BCUT2D eigenvalue weighted by Gasteiger charge is -2.32. The number of nitrogens with zero attached hydrogens (tertiary/aromatic N) is 3. The molecule has 1 aromatic carbocycles. The van der Waals surface area contributed by atoms with Gasteiger partial charge in [0, 0.05) is 43.1 Å². The van der Waals surface area contributed by atoms with E-state index in [2.05, 4.69) is 40.3 Å². The number of benzene rings is 1. The van der Waals surface area contributed by atoms with Gasteiger partial charge in [-0.2, -0.15) is 5.26 Å². The van der Waals surface area contributed by atoms with E-state index in [1.165, 1.54) is 11.1 Å². The normalized spacial score (nSPS) is 18.9. The van der Waals surface area contributed by atoms with Crippen LogP contribution < -0.4 is 0 Å². The molecule has 0 spiro atoms. The number of aromatic nitrogens is 2. The minimum absolute atomic E-state index is 0.0178. The first-order chi connectivity index (χ1) is 17.3. The molecule has 1 atom stereocenters. The van der Waals surface area contributed by atoms with Gasteiger partial charge in [0.25, 0.3) is 0 Å². The van der Waals surface area contributed by atoms with Gasteiger partial charge in [-0.1, -0.05) is 12.1 Å². The number of rotatable bonds is 4. The smallest absolute Gasteiger partial charge is 0.410 e. The zero-order valence-corrected chi connectivity index (χ0v) is 21.3. The third-order valence-corrected chi connectivity index (χ3v) is 7.21. The van der Waals surface area contributed by atoms with Gasteiger partial charge in [-0.05, 0) is 86.8 Å². The van der Waals surface area contributed by atoms with Gasteiger partial charge in [-0.15, -0.1) is 0 Å². The van der Waals surface area contributed by atoms with Crippen LogP contribution in [0.3, 0.4) is 0 Å². The molecule has 0 bridgehead atoms. The minimum Gasteiger partial charge on any atom is -0.444 e. The summed E-state index contributed by atoms with van der Waals surface area (Å²) in [5.41, 5.74) is 5.78. The summed E-state index contributed by atoms with van der Waals surface area (Å²) in [6.07, 6.45) is 7.68. The first-order valence-electron chi connectivity index (χ1n) is 12.9. The van der Waals surface area contributed by atoms with Gasteiger partial charge in [0.05, 0.1) is 18.5 Å². The second-order valence-corrected chi connectivity index (χ2v) is 10.8. The number of carbonyl (C=O) groups is 1. The van der Waals surface area contributed by atoms with Crippen LogP contribution in [-0.4, -0.2) is 46.3 Å². The Morgan fingerprint density at radius 3 is 2.75 bits per heavy atom. The predicted octanol–water partition coefficient (Wildman–Crippen LogP) is 6.26. The van der Waals surface area contributed by atoms with Crippen molar-refractivity contribution in [2.75, 3.05) is 19.8 Å². The molecule has 1 N–H and O–H groups in total. The van der Waals surface area contributed by atoms with Crippen LogP contribution in [0.1, 0.15) is 75.1 Å². The van der Waals surface area contributed by atoms with Gasteiger partial charge in [-0.3, -0.25) is 0 Å². The van der Waals surface area contributed by atoms with Gasteiger partial charge in [-0.25, -0.2) is 9.78 Å². The largest absolute Gasteiger partial charge is 0.444 e. The van der Waals surface area contributed by atoms with Crippen molar-refractivity contribution in [3.63, 3.8) is 0 Å². The van der Waals surface area contributed by atoms with E-state index in [1.807, 2.05) is 38.1 Å². The highest BCUT2D eigenvalue weighted by Crippen LogP contribution is 2.41. The van der Waals surface area contributed by atoms with Crippen molar-refractivity contribution in [2.24, 2.45) is 0 Å². The highest BCUT2D eigenvalue weighted by Gasteiger charge is 2.35. The topological polar surface area (TPSA) is 91.2 Å². The predicted molar refractivity (Wildman–Crippen MR) is 139 cm³/mol. The van der Waals surface area contributed by atoms with Crippen molar-refractivity contribution in [1.29, 1.82) is 5.26 Å². The molecule has 2 fully saturated rings. The Hall–Kier alpha value is -3.37. The summed E-state index contributed by atoms with van der Waals surface area (Å²) in [4.78, 5) is 22.8. The monoisotopic (exact) mass is 486 g/mol. The molecule has 0 saturated carbocycles. The molecule has 36 heavy (non-hydrogen) atoms. The van der Waals surface area contributed by atoms with Crippen LogP contribution in [0.4, 0.5) is 4.79 Å². The zero-order valence-electron chi connectivity index (χ0n) is 21.3. The van der Waals surface area contributed by atoms with Crippen molar-refractivity contribution in [2.45, 2.75) is 70.4 Å². The Bertz CT molecular complexity index is 1290. The molecule has 0 radical (unpaired) electrons. The van der Waals surface area contributed by atoms with Crippen molar-refractivity contribution >= 4 is 17.1 Å². The van der Waals surface area contributed by atoms with Crippen LogP contribution in [-0.2, 0) is 15.9 Å². The fourth-order valence-corrected chi connectivity index (χ4v) is 5.50. The Morgan fingerprint density at radius 1 is 1.19 bits per heavy atom. The Labute approximate surface area is 212 Å². The number of likely N-dealkylation sites (tertiary alicyclic amines) is 1. The fraction of sp³-hybridized carbons (Fsp3) is 0.483. The maximum Gasteiger partial charge on any atom is 0.410 e. The summed E-state index contributed by atoms with van der Waals surface area (Å²) in [5.74, 6) is 0.413. The number of nitriles is 1. The number of fused-ring (bicyclic) bond motifs is 1. The van der Waals surface area contributed by atoms with Gasteiger partial charge in [0.1, 0.15) is 11.2 Å². The number of pyridine rings is 1. The molecule has 188 valence electrons. The van der Waals surface area contributed by atoms with Crippen LogP contribution in [0.25, 0.3) is 22.2 Å². The Balaban J connectivity index is 1.56. The lowest BCUT2D eigenvalue weighted by atomic mass is 9.84. The fourth-order valence-electron chi connectivity index (χ4n) is 5.50. The van der Waals surface area contributed by atoms with Gasteiger partial charge < -0.3 is 19.4 Å². The number of amides is 1. The molecule has 0 unspecified atom stereocenters. The van der Waals surface area contributed by atoms with E-state index < -0.39 is 5.60 Å². The molecule has 0 aliphatic carbocycles. The summed E-state index contributed by atoms with van der Waals surface area (Å²) < 4.78 is 11.4. The maximum atomic E-state index is 13.1. The van der Waals surface area contributed by atoms with Crippen molar-refractivity contribution in [1.82, 2.24) is 14.9 Å². The molecule has 1 amide bonds. The number of nitrogens with one attached hydrogen (secondary N) is 1. The number of H-pyrrole nitrogens is 1. The number of ether oxygens (including phenoxy) is 2. The number of hydrogen-bond acceptors (Lipinski definition) is 5. The second kappa shape index (κ2) is 9.94. The Kier molecular flexibility index (Phi) is 6.72. The van der Waals surface area contributed by atoms with E-state index in [9.17, 15) is 10.1 Å². The van der Waals surface area contributed by atoms with E-state index in [1.54, 1.807) is 0 Å². The van der Waals surface area contributed by atoms with Gasteiger partial charge in [0.15, 0.2) is 0 Å². The molecular formula is C29H34N4O3. The molecule has 2 aliphatic rings. The molecule has 7 heteroatoms. The lowest BCUT2D eigenvalue weighted by molar-refractivity contribution is 0.0222. The van der Waals surface area contributed by atoms with E-state index in [0.29, 0.717) is 18.9 Å². The molecule has 2 aromatic heterocycles. The number of hydrogen-bond donors (Lipinski definition) is 1. The summed E-state index contributed by atoms with van der Waals surface area (Å²) in [5, 5.41) is 10.2. The van der Waals surface area contributed by atoms with E-state index in [-0.39, 0.29) is 12.1 Å². The highest BCUT2D eigenvalue weighted by molar-refractivity contribution is 5.85. The van der Waals surface area contributed by atoms with Crippen LogP contribution in [0.5, 0.6) is 0 Å². The SMILES string of the molecule is CC(C)(C)OC(=O)N1CCC[C@H]1c1cc(-c2cnc3[nH]cc(CC#N)c3c2)ccc1C1CCOCC1. The highest BCUT2D eigenvalue weighted by atomic mass is 16.6. The summed E-state index contributed by atoms with van der Waals surface area (Å²) in [6.45, 7) is 7.97. The third-order valence-electron chi connectivity index (χ3n) is 7.21. The van der Waals surface area contributed by atoms with Crippen molar-refractivity contribution < 1.29 is 14.3 Å². The molecule has 4 heterocycles.